The number of carbonyl (C=O) groups is 2. The summed E-state index contributed by atoms with van der Waals surface area (Å²) in [5.74, 6) is -2.76. The maximum absolute atomic E-state index is 12.8. The minimum Gasteiger partial charge on any atom is -0.475 e. The van der Waals surface area contributed by atoms with E-state index in [0.717, 1.165) is 56.2 Å². The van der Waals surface area contributed by atoms with Crippen molar-refractivity contribution in [3.8, 4) is 0 Å². The van der Waals surface area contributed by atoms with E-state index in [0.29, 0.717) is 6.54 Å². The average Bonchev–Trinajstić information content (AvgIpc) is 3.02. The smallest absolute Gasteiger partial charge is 0.475 e. The monoisotopic (exact) mass is 482 g/mol. The number of carboxylic acids is 1. The normalized spacial score (nSPS) is 16.6. The van der Waals surface area contributed by atoms with Crippen molar-refractivity contribution < 1.29 is 27.9 Å². The number of piperidine rings is 1. The first-order chi connectivity index (χ1) is 16.1. The highest BCUT2D eigenvalue weighted by atomic mass is 19.4. The molecule has 34 heavy (non-hydrogen) atoms. The molecule has 0 atom stereocenters. The lowest BCUT2D eigenvalue weighted by molar-refractivity contribution is -0.192. The predicted octanol–water partition coefficient (Wildman–Crippen LogP) is 3.64. The van der Waals surface area contributed by atoms with E-state index in [1.807, 2.05) is 40.8 Å². The van der Waals surface area contributed by atoms with Crippen molar-refractivity contribution in [1.82, 2.24) is 24.8 Å². The highest BCUT2D eigenvalue weighted by Crippen LogP contribution is 2.19. The summed E-state index contributed by atoms with van der Waals surface area (Å²) in [6.07, 6.45) is -0.354. The zero-order valence-corrected chi connectivity index (χ0v) is 19.0. The lowest BCUT2D eigenvalue weighted by Crippen LogP contribution is -2.35. The van der Waals surface area contributed by atoms with Crippen LogP contribution in [0.4, 0.5) is 23.7 Å². The molecule has 0 spiro atoms. The second-order valence-corrected chi connectivity index (χ2v) is 8.42. The number of fused-ring (bicyclic) bond motifs is 1. The Morgan fingerprint density at radius 2 is 1.68 bits per heavy atom. The van der Waals surface area contributed by atoms with Crippen LogP contribution < -0.4 is 5.32 Å². The molecule has 2 aliphatic rings. The van der Waals surface area contributed by atoms with Crippen molar-refractivity contribution in [2.75, 3.05) is 25.0 Å². The van der Waals surface area contributed by atoms with Gasteiger partial charge in [0.2, 0.25) is 0 Å². The molecule has 3 heterocycles. The van der Waals surface area contributed by atoms with Gasteiger partial charge < -0.3 is 15.3 Å². The van der Waals surface area contributed by atoms with E-state index in [9.17, 15) is 18.0 Å². The first-order valence-electron chi connectivity index (χ1n) is 11.2. The van der Waals surface area contributed by atoms with Gasteiger partial charge in [0, 0.05) is 25.3 Å². The number of nitrogens with zero attached hydrogens (tertiary/aromatic N) is 5. The number of aromatic nitrogens is 3. The first kappa shape index (κ1) is 25.5. The summed E-state index contributed by atoms with van der Waals surface area (Å²) < 4.78 is 33.7. The molecule has 186 valence electrons. The molecule has 1 fully saturated rings. The van der Waals surface area contributed by atoms with E-state index in [2.05, 4.69) is 20.5 Å². The van der Waals surface area contributed by atoms with E-state index >= 15 is 0 Å². The Morgan fingerprint density at radius 3 is 2.29 bits per heavy atom. The van der Waals surface area contributed by atoms with Crippen molar-refractivity contribution in [1.29, 1.82) is 0 Å². The van der Waals surface area contributed by atoms with Gasteiger partial charge in [0.05, 0.1) is 12.2 Å². The number of rotatable bonds is 3. The number of halogens is 3. The summed E-state index contributed by atoms with van der Waals surface area (Å²) in [6, 6.07) is 7.84. The molecule has 0 saturated carbocycles. The zero-order valence-electron chi connectivity index (χ0n) is 19.0. The number of likely N-dealkylation sites (tertiary alicyclic amines) is 1. The van der Waals surface area contributed by atoms with E-state index in [1.54, 1.807) is 0 Å². The molecule has 0 aliphatic carbocycles. The molecule has 4 rings (SSSR count). The van der Waals surface area contributed by atoms with Crippen molar-refractivity contribution in [3.05, 3.63) is 41.2 Å². The summed E-state index contributed by atoms with van der Waals surface area (Å²) in [5.41, 5.74) is 4.11. The molecule has 2 amide bonds. The molecule has 2 N–H and O–H groups in total. The van der Waals surface area contributed by atoms with Gasteiger partial charge in [-0.25, -0.2) is 14.3 Å². The van der Waals surface area contributed by atoms with Gasteiger partial charge in [-0.2, -0.15) is 13.2 Å². The average molecular weight is 483 g/mol. The first-order valence-corrected chi connectivity index (χ1v) is 11.2. The number of urea groups is 1. The van der Waals surface area contributed by atoms with Crippen LogP contribution in [0.3, 0.4) is 0 Å². The Labute approximate surface area is 195 Å². The maximum Gasteiger partial charge on any atom is 0.490 e. The van der Waals surface area contributed by atoms with Crippen LogP contribution in [0.15, 0.2) is 24.3 Å². The number of anilines is 1. The van der Waals surface area contributed by atoms with Gasteiger partial charge in [0.15, 0.2) is 0 Å². The highest BCUT2D eigenvalue weighted by molar-refractivity contribution is 5.89. The van der Waals surface area contributed by atoms with Crippen molar-refractivity contribution >= 4 is 17.7 Å². The third kappa shape index (κ3) is 7.17. The number of nitrogens with one attached hydrogen (secondary N) is 1. The van der Waals surface area contributed by atoms with Gasteiger partial charge in [-0.15, -0.1) is 5.10 Å². The summed E-state index contributed by atoms with van der Waals surface area (Å²) in [4.78, 5) is 26.0. The van der Waals surface area contributed by atoms with Gasteiger partial charge in [0.1, 0.15) is 5.69 Å². The van der Waals surface area contributed by atoms with Gasteiger partial charge >= 0.3 is 18.2 Å². The molecule has 12 heteroatoms. The Hall–Kier alpha value is -3.15. The number of alkyl halides is 3. The highest BCUT2D eigenvalue weighted by Gasteiger charge is 2.38. The molecule has 2 aliphatic heterocycles. The number of hydrogen-bond donors (Lipinski definition) is 2. The third-order valence-electron chi connectivity index (χ3n) is 5.71. The summed E-state index contributed by atoms with van der Waals surface area (Å²) >= 11 is 0. The van der Waals surface area contributed by atoms with Crippen molar-refractivity contribution in [2.45, 2.75) is 58.4 Å². The van der Waals surface area contributed by atoms with Crippen LogP contribution in [0.2, 0.25) is 0 Å². The van der Waals surface area contributed by atoms with Gasteiger partial charge in [-0.3, -0.25) is 4.90 Å². The standard InChI is InChI=1S/C20H28N6O.C2HF3O2/c1-16-6-8-17(9-7-16)21-20(27)25-12-5-13-26-19(15-25)18(22-23-26)14-24-10-3-2-4-11-24;3-2(4,5)1(6)7/h6-9H,2-5,10-15H2,1H3,(H,21,27);(H,6,7). The molecular weight excluding hydrogens is 453 g/mol. The van der Waals surface area contributed by atoms with E-state index in [-0.39, 0.29) is 6.03 Å². The molecular formula is C22H29F3N6O3. The van der Waals surface area contributed by atoms with E-state index in [4.69, 9.17) is 9.90 Å². The molecule has 0 radical (unpaired) electrons. The SMILES string of the molecule is Cc1ccc(NC(=O)N2CCCn3nnc(CN4CCCCC4)c3C2)cc1.O=C(O)C(F)(F)F. The third-order valence-corrected chi connectivity index (χ3v) is 5.71. The lowest BCUT2D eigenvalue weighted by Gasteiger charge is -2.26. The fourth-order valence-electron chi connectivity index (χ4n) is 3.86. The molecule has 1 aromatic carbocycles. The Morgan fingerprint density at radius 1 is 1.03 bits per heavy atom. The fraction of sp³-hybridized carbons (Fsp3) is 0.545. The number of amides is 2. The maximum atomic E-state index is 12.8. The number of benzene rings is 1. The van der Waals surface area contributed by atoms with Crippen LogP contribution in [0.25, 0.3) is 0 Å². The van der Waals surface area contributed by atoms with Crippen LogP contribution in [0.5, 0.6) is 0 Å². The Balaban J connectivity index is 0.000000406. The van der Waals surface area contributed by atoms with E-state index < -0.39 is 12.1 Å². The number of aliphatic carboxylic acids is 1. The second-order valence-electron chi connectivity index (χ2n) is 8.42. The summed E-state index contributed by atoms with van der Waals surface area (Å²) in [6.45, 7) is 7.24. The summed E-state index contributed by atoms with van der Waals surface area (Å²) in [5, 5.41) is 18.9. The van der Waals surface area contributed by atoms with Crippen molar-refractivity contribution in [3.63, 3.8) is 0 Å². The quantitative estimate of drug-likeness (QED) is 0.692. The molecule has 9 nitrogen and oxygen atoms in total. The topological polar surface area (TPSA) is 104 Å². The Bertz CT molecular complexity index is 971. The van der Waals surface area contributed by atoms with Crippen LogP contribution in [-0.2, 0) is 24.4 Å². The largest absolute Gasteiger partial charge is 0.490 e. The van der Waals surface area contributed by atoms with E-state index in [1.165, 1.54) is 24.8 Å². The lowest BCUT2D eigenvalue weighted by atomic mass is 10.1. The van der Waals surface area contributed by atoms with Gasteiger partial charge in [-0.05, 0) is 51.4 Å². The van der Waals surface area contributed by atoms with Gasteiger partial charge in [-0.1, -0.05) is 29.3 Å². The van der Waals surface area contributed by atoms with Crippen LogP contribution >= 0.6 is 0 Å². The van der Waals surface area contributed by atoms with Crippen LogP contribution in [0.1, 0.15) is 42.6 Å². The predicted molar refractivity (Wildman–Crippen MR) is 118 cm³/mol. The zero-order chi connectivity index (χ0) is 24.7. The number of aryl methyl sites for hydroxylation is 2. The summed E-state index contributed by atoms with van der Waals surface area (Å²) in [7, 11) is 0. The minimum absolute atomic E-state index is 0.0579. The molecule has 2 aromatic rings. The molecule has 0 bridgehead atoms. The number of carboxylic acid groups (broad SMARTS) is 1. The minimum atomic E-state index is -5.08. The number of hydrogen-bond acceptors (Lipinski definition) is 5. The van der Waals surface area contributed by atoms with Crippen molar-refractivity contribution in [2.24, 2.45) is 0 Å². The Kier molecular flexibility index (Phi) is 8.48. The van der Waals surface area contributed by atoms with Crippen LogP contribution in [-0.4, -0.2) is 67.7 Å². The fourth-order valence-corrected chi connectivity index (χ4v) is 3.86. The second kappa shape index (κ2) is 11.3. The number of carbonyl (C=O) groups excluding carboxylic acids is 1. The van der Waals surface area contributed by atoms with Crippen LogP contribution in [0, 0.1) is 6.92 Å². The van der Waals surface area contributed by atoms with Gasteiger partial charge in [0.25, 0.3) is 0 Å². The molecule has 0 unspecified atom stereocenters. The molecule has 1 aromatic heterocycles. The molecule has 1 saturated heterocycles.